The molecule has 18 heavy (non-hydrogen) atoms. The Balaban J connectivity index is 2.41. The third-order valence-electron chi connectivity index (χ3n) is 4.03. The third kappa shape index (κ3) is 1.77. The molecule has 2 N–H and O–H groups in total. The van der Waals surface area contributed by atoms with Crippen molar-refractivity contribution < 1.29 is 19.7 Å². The maximum atomic E-state index is 11.2. The highest BCUT2D eigenvalue weighted by Crippen LogP contribution is 2.55. The Morgan fingerprint density at radius 1 is 1.33 bits per heavy atom. The first-order valence-corrected chi connectivity index (χ1v) is 5.99. The lowest BCUT2D eigenvalue weighted by Crippen LogP contribution is -2.24. The fourth-order valence-electron chi connectivity index (χ4n) is 2.37. The average Bonchev–Trinajstić information content (AvgIpc) is 3.13. The van der Waals surface area contributed by atoms with Gasteiger partial charge in [0.2, 0.25) is 0 Å². The number of rotatable bonds is 4. The number of aliphatic carboxylic acids is 1. The maximum Gasteiger partial charge on any atom is 0.312 e. The first-order chi connectivity index (χ1) is 8.44. The summed E-state index contributed by atoms with van der Waals surface area (Å²) in [6, 6.07) is 3.54. The quantitative estimate of drug-likeness (QED) is 0.859. The van der Waals surface area contributed by atoms with Gasteiger partial charge in [0, 0.05) is 0 Å². The Morgan fingerprint density at radius 2 is 1.94 bits per heavy atom. The van der Waals surface area contributed by atoms with E-state index in [2.05, 4.69) is 0 Å². The molecule has 1 saturated carbocycles. The lowest BCUT2D eigenvalue weighted by molar-refractivity contribution is -0.148. The highest BCUT2D eigenvalue weighted by Gasteiger charge is 2.56. The molecule has 1 aromatic carbocycles. The van der Waals surface area contributed by atoms with Crippen LogP contribution in [0.2, 0.25) is 0 Å². The standard InChI is InChI=1S/C14H18O4/c1-8-9(2)11(18-3)5-4-10(8)12(15)14(6-7-14)13(16)17/h4-5,12,15H,6-7H2,1-3H3,(H,16,17). The van der Waals surface area contributed by atoms with Gasteiger partial charge in [0.25, 0.3) is 0 Å². The van der Waals surface area contributed by atoms with Crippen LogP contribution >= 0.6 is 0 Å². The molecule has 0 aromatic heterocycles. The second-order valence-corrected chi connectivity index (χ2v) is 4.97. The van der Waals surface area contributed by atoms with Gasteiger partial charge in [-0.2, -0.15) is 0 Å². The summed E-state index contributed by atoms with van der Waals surface area (Å²) in [7, 11) is 1.59. The van der Waals surface area contributed by atoms with E-state index in [1.165, 1.54) is 0 Å². The number of hydrogen-bond acceptors (Lipinski definition) is 3. The van der Waals surface area contributed by atoms with Crippen molar-refractivity contribution in [2.45, 2.75) is 32.8 Å². The van der Waals surface area contributed by atoms with E-state index >= 15 is 0 Å². The fraction of sp³-hybridized carbons (Fsp3) is 0.500. The van der Waals surface area contributed by atoms with Crippen molar-refractivity contribution in [3.05, 3.63) is 28.8 Å². The molecule has 0 saturated heterocycles. The molecule has 0 radical (unpaired) electrons. The first-order valence-electron chi connectivity index (χ1n) is 5.99. The summed E-state index contributed by atoms with van der Waals surface area (Å²) in [4.78, 5) is 11.2. The Bertz CT molecular complexity index is 489. The van der Waals surface area contributed by atoms with Crippen LogP contribution in [-0.2, 0) is 4.79 Å². The predicted octanol–water partition coefficient (Wildman–Crippen LogP) is 2.21. The molecular formula is C14H18O4. The minimum Gasteiger partial charge on any atom is -0.496 e. The van der Waals surface area contributed by atoms with Gasteiger partial charge >= 0.3 is 5.97 Å². The number of carbonyl (C=O) groups is 1. The van der Waals surface area contributed by atoms with Crippen molar-refractivity contribution in [1.29, 1.82) is 0 Å². The molecule has 4 nitrogen and oxygen atoms in total. The molecule has 1 aliphatic rings. The molecule has 1 aliphatic carbocycles. The van der Waals surface area contributed by atoms with Crippen molar-refractivity contribution in [2.75, 3.05) is 7.11 Å². The molecule has 0 amide bonds. The fourth-order valence-corrected chi connectivity index (χ4v) is 2.37. The van der Waals surface area contributed by atoms with Gasteiger partial charge in [0.15, 0.2) is 0 Å². The zero-order valence-electron chi connectivity index (χ0n) is 10.9. The molecular weight excluding hydrogens is 232 g/mol. The highest BCUT2D eigenvalue weighted by atomic mass is 16.5. The number of ether oxygens (including phenoxy) is 1. The summed E-state index contributed by atoms with van der Waals surface area (Å²) in [6.45, 7) is 3.79. The van der Waals surface area contributed by atoms with Gasteiger partial charge in [-0.1, -0.05) is 6.07 Å². The lowest BCUT2D eigenvalue weighted by Gasteiger charge is -2.22. The number of aliphatic hydroxyl groups is 1. The van der Waals surface area contributed by atoms with Crippen LogP contribution in [0.1, 0.15) is 35.6 Å². The van der Waals surface area contributed by atoms with Gasteiger partial charge in [-0.15, -0.1) is 0 Å². The van der Waals surface area contributed by atoms with Gasteiger partial charge in [0.1, 0.15) is 5.75 Å². The van der Waals surface area contributed by atoms with E-state index in [4.69, 9.17) is 4.74 Å². The van der Waals surface area contributed by atoms with Crippen molar-refractivity contribution in [3.63, 3.8) is 0 Å². The van der Waals surface area contributed by atoms with E-state index in [0.717, 1.165) is 16.9 Å². The molecule has 2 rings (SSSR count). The molecule has 0 bridgehead atoms. The summed E-state index contributed by atoms with van der Waals surface area (Å²) in [6.07, 6.45) is 0.127. The van der Waals surface area contributed by atoms with Crippen molar-refractivity contribution in [2.24, 2.45) is 5.41 Å². The lowest BCUT2D eigenvalue weighted by atomic mass is 9.88. The van der Waals surface area contributed by atoms with E-state index in [1.54, 1.807) is 19.2 Å². The first kappa shape index (κ1) is 12.9. The monoisotopic (exact) mass is 250 g/mol. The van der Waals surface area contributed by atoms with Crippen molar-refractivity contribution in [1.82, 2.24) is 0 Å². The SMILES string of the molecule is COc1ccc(C(O)C2(C(=O)O)CC2)c(C)c1C. The van der Waals surface area contributed by atoms with E-state index in [9.17, 15) is 15.0 Å². The topological polar surface area (TPSA) is 66.8 Å². The number of aliphatic hydroxyl groups excluding tert-OH is 1. The number of carboxylic acid groups (broad SMARTS) is 1. The molecule has 4 heteroatoms. The molecule has 0 heterocycles. The second kappa shape index (κ2) is 4.28. The summed E-state index contributed by atoms with van der Waals surface area (Å²) in [5.74, 6) is -0.161. The molecule has 1 aromatic rings. The Morgan fingerprint density at radius 3 is 2.39 bits per heavy atom. The van der Waals surface area contributed by atoms with Crippen molar-refractivity contribution in [3.8, 4) is 5.75 Å². The molecule has 98 valence electrons. The Hall–Kier alpha value is -1.55. The number of benzene rings is 1. The predicted molar refractivity (Wildman–Crippen MR) is 66.7 cm³/mol. The second-order valence-electron chi connectivity index (χ2n) is 4.97. The zero-order valence-corrected chi connectivity index (χ0v) is 10.9. The Kier molecular flexibility index (Phi) is 3.07. The van der Waals surface area contributed by atoms with E-state index < -0.39 is 17.5 Å². The number of methoxy groups -OCH3 is 1. The van der Waals surface area contributed by atoms with E-state index in [1.807, 2.05) is 13.8 Å². The number of carboxylic acids is 1. The van der Waals surface area contributed by atoms with Crippen LogP contribution in [0.3, 0.4) is 0 Å². The van der Waals surface area contributed by atoms with Crippen LogP contribution in [0.4, 0.5) is 0 Å². The molecule has 0 spiro atoms. The van der Waals surface area contributed by atoms with Crippen LogP contribution in [0.25, 0.3) is 0 Å². The zero-order chi connectivity index (χ0) is 13.5. The summed E-state index contributed by atoms with van der Waals surface area (Å²) in [5.41, 5.74) is 1.55. The maximum absolute atomic E-state index is 11.2. The van der Waals surface area contributed by atoms with Crippen LogP contribution in [0.15, 0.2) is 12.1 Å². The number of hydrogen-bond donors (Lipinski definition) is 2. The van der Waals surface area contributed by atoms with Crippen LogP contribution < -0.4 is 4.74 Å². The van der Waals surface area contributed by atoms with Gasteiger partial charge in [-0.3, -0.25) is 4.79 Å². The summed E-state index contributed by atoms with van der Waals surface area (Å²) >= 11 is 0. The van der Waals surface area contributed by atoms with Crippen LogP contribution in [-0.4, -0.2) is 23.3 Å². The van der Waals surface area contributed by atoms with Gasteiger partial charge in [-0.05, 0) is 49.4 Å². The summed E-state index contributed by atoms with van der Waals surface area (Å²) < 4.78 is 5.21. The largest absolute Gasteiger partial charge is 0.496 e. The minimum absolute atomic E-state index is 0.536. The van der Waals surface area contributed by atoms with Crippen LogP contribution in [0, 0.1) is 19.3 Å². The average molecular weight is 250 g/mol. The minimum atomic E-state index is -0.980. The molecule has 1 unspecified atom stereocenters. The van der Waals surface area contributed by atoms with Gasteiger partial charge in [0.05, 0.1) is 18.6 Å². The van der Waals surface area contributed by atoms with Crippen molar-refractivity contribution >= 4 is 5.97 Å². The van der Waals surface area contributed by atoms with E-state index in [0.29, 0.717) is 18.4 Å². The summed E-state index contributed by atoms with van der Waals surface area (Å²) in [5, 5.41) is 19.5. The molecule has 1 fully saturated rings. The molecule has 1 atom stereocenters. The van der Waals surface area contributed by atoms with Gasteiger partial charge in [-0.25, -0.2) is 0 Å². The normalized spacial score (nSPS) is 18.2. The smallest absolute Gasteiger partial charge is 0.312 e. The van der Waals surface area contributed by atoms with E-state index in [-0.39, 0.29) is 0 Å². The van der Waals surface area contributed by atoms with Gasteiger partial charge < -0.3 is 14.9 Å². The van der Waals surface area contributed by atoms with Crippen LogP contribution in [0.5, 0.6) is 5.75 Å². The third-order valence-corrected chi connectivity index (χ3v) is 4.03. The Labute approximate surface area is 106 Å². The highest BCUT2D eigenvalue weighted by molar-refractivity contribution is 5.79. The molecule has 0 aliphatic heterocycles.